The Morgan fingerprint density at radius 1 is 1.16 bits per heavy atom. The Kier molecular flexibility index (Phi) is 8.01. The molecule has 2 fully saturated rings. The van der Waals surface area contributed by atoms with E-state index in [1.165, 1.54) is 62.6 Å². The van der Waals surface area contributed by atoms with Crippen LogP contribution in [-0.4, -0.2) is 47.7 Å². The molecule has 2 aromatic rings. The van der Waals surface area contributed by atoms with Gasteiger partial charge in [-0.1, -0.05) is 19.3 Å². The number of nitrogens with zero attached hydrogens (tertiary/aromatic N) is 2. The van der Waals surface area contributed by atoms with Crippen LogP contribution in [-0.2, 0) is 11.2 Å². The summed E-state index contributed by atoms with van der Waals surface area (Å²) in [6.07, 6.45) is 13.1. The third-order valence-electron chi connectivity index (χ3n) is 7.84. The van der Waals surface area contributed by atoms with E-state index in [-0.39, 0.29) is 0 Å². The van der Waals surface area contributed by atoms with Gasteiger partial charge in [-0.15, -0.1) is 0 Å². The first-order valence-electron chi connectivity index (χ1n) is 12.5. The standard InChI is InChI=1S/C27H38N2O3/c1-32-24-9-10-26-25(18-24)22(12-15-28-26)7-3-6-21-14-17-29(16-13-20-4-2-5-20)19-23(21)8-11-27(30)31/h9-10,12,15,18,20-21,23H,2-8,11,13-14,16-17,19H2,1H3,(H,30,31). The number of aryl methyl sites for hydroxylation is 1. The first kappa shape index (κ1) is 23.0. The van der Waals surface area contributed by atoms with E-state index in [2.05, 4.69) is 22.0 Å². The molecule has 2 atom stereocenters. The van der Waals surface area contributed by atoms with Crippen LogP contribution in [0.15, 0.2) is 30.5 Å². The number of fused-ring (bicyclic) bond motifs is 1. The number of benzene rings is 1. The predicted molar refractivity (Wildman–Crippen MR) is 128 cm³/mol. The maximum Gasteiger partial charge on any atom is 0.303 e. The van der Waals surface area contributed by atoms with Gasteiger partial charge in [0.2, 0.25) is 0 Å². The van der Waals surface area contributed by atoms with E-state index >= 15 is 0 Å². The molecule has 1 aliphatic carbocycles. The number of aliphatic carboxylic acids is 1. The lowest BCUT2D eigenvalue weighted by Crippen LogP contribution is -2.41. The SMILES string of the molecule is COc1ccc2nccc(CCCC3CCN(CCC4CCC4)CC3CCC(=O)O)c2c1. The molecule has 1 N–H and O–H groups in total. The van der Waals surface area contributed by atoms with Crippen LogP contribution in [0.4, 0.5) is 0 Å². The van der Waals surface area contributed by atoms with Gasteiger partial charge in [0, 0.05) is 24.5 Å². The van der Waals surface area contributed by atoms with Crippen LogP contribution in [0.5, 0.6) is 5.75 Å². The molecule has 5 heteroatoms. The molecule has 1 aliphatic heterocycles. The van der Waals surface area contributed by atoms with Crippen LogP contribution < -0.4 is 4.74 Å². The summed E-state index contributed by atoms with van der Waals surface area (Å²) in [5.41, 5.74) is 2.34. The summed E-state index contributed by atoms with van der Waals surface area (Å²) < 4.78 is 5.41. The number of methoxy groups -OCH3 is 1. The summed E-state index contributed by atoms with van der Waals surface area (Å²) >= 11 is 0. The number of carboxylic acid groups (broad SMARTS) is 1. The fourth-order valence-electron chi connectivity index (χ4n) is 5.60. The molecule has 1 aromatic heterocycles. The first-order valence-corrected chi connectivity index (χ1v) is 12.5. The second kappa shape index (κ2) is 11.1. The fraction of sp³-hybridized carbons (Fsp3) is 0.630. The number of likely N-dealkylation sites (tertiary alicyclic amines) is 1. The molecule has 5 nitrogen and oxygen atoms in total. The van der Waals surface area contributed by atoms with Gasteiger partial charge in [0.05, 0.1) is 12.6 Å². The number of carbonyl (C=O) groups is 1. The predicted octanol–water partition coefficient (Wildman–Crippen LogP) is 5.56. The molecule has 2 unspecified atom stereocenters. The van der Waals surface area contributed by atoms with Crippen molar-refractivity contribution in [3.63, 3.8) is 0 Å². The van der Waals surface area contributed by atoms with E-state index in [0.717, 1.165) is 43.0 Å². The third-order valence-corrected chi connectivity index (χ3v) is 7.84. The van der Waals surface area contributed by atoms with Gasteiger partial charge in [-0.3, -0.25) is 9.78 Å². The lowest BCUT2D eigenvalue weighted by Gasteiger charge is -2.40. The monoisotopic (exact) mass is 438 g/mol. The van der Waals surface area contributed by atoms with Crippen LogP contribution in [0.25, 0.3) is 10.9 Å². The van der Waals surface area contributed by atoms with Crippen molar-refractivity contribution >= 4 is 16.9 Å². The molecule has 4 rings (SSSR count). The molecule has 0 spiro atoms. The summed E-state index contributed by atoms with van der Waals surface area (Å²) in [6.45, 7) is 3.46. The van der Waals surface area contributed by atoms with E-state index in [0.29, 0.717) is 18.3 Å². The number of aromatic nitrogens is 1. The van der Waals surface area contributed by atoms with E-state index in [1.807, 2.05) is 18.3 Å². The normalized spacial score (nSPS) is 22.0. The Morgan fingerprint density at radius 2 is 2.03 bits per heavy atom. The van der Waals surface area contributed by atoms with Gasteiger partial charge in [-0.05, 0) is 99.2 Å². The molecule has 0 bridgehead atoms. The molecule has 2 aliphatic rings. The van der Waals surface area contributed by atoms with E-state index in [4.69, 9.17) is 4.74 Å². The first-order chi connectivity index (χ1) is 15.6. The number of piperidine rings is 1. The van der Waals surface area contributed by atoms with Gasteiger partial charge >= 0.3 is 5.97 Å². The highest BCUT2D eigenvalue weighted by atomic mass is 16.5. The zero-order chi connectivity index (χ0) is 22.3. The average molecular weight is 439 g/mol. The number of hydrogen-bond acceptors (Lipinski definition) is 4. The fourth-order valence-corrected chi connectivity index (χ4v) is 5.60. The molecular formula is C27H38N2O3. The molecule has 32 heavy (non-hydrogen) atoms. The Hall–Kier alpha value is -2.14. The van der Waals surface area contributed by atoms with Crippen molar-refractivity contribution in [3.8, 4) is 5.75 Å². The van der Waals surface area contributed by atoms with Crippen molar-refractivity contribution in [1.29, 1.82) is 0 Å². The van der Waals surface area contributed by atoms with Gasteiger partial charge in [-0.2, -0.15) is 0 Å². The minimum Gasteiger partial charge on any atom is -0.497 e. The molecule has 0 amide bonds. The average Bonchev–Trinajstić information content (AvgIpc) is 2.77. The lowest BCUT2D eigenvalue weighted by molar-refractivity contribution is -0.137. The van der Waals surface area contributed by atoms with Gasteiger partial charge in [0.15, 0.2) is 0 Å². The van der Waals surface area contributed by atoms with Crippen molar-refractivity contribution in [3.05, 3.63) is 36.0 Å². The minimum absolute atomic E-state index is 0.298. The van der Waals surface area contributed by atoms with Crippen molar-refractivity contribution in [2.75, 3.05) is 26.7 Å². The quantitative estimate of drug-likeness (QED) is 0.498. The number of ether oxygens (including phenoxy) is 1. The van der Waals surface area contributed by atoms with E-state index < -0.39 is 5.97 Å². The smallest absolute Gasteiger partial charge is 0.303 e. The van der Waals surface area contributed by atoms with Crippen LogP contribution in [0.2, 0.25) is 0 Å². The molecule has 0 radical (unpaired) electrons. The molecule has 1 aromatic carbocycles. The van der Waals surface area contributed by atoms with Crippen LogP contribution in [0, 0.1) is 17.8 Å². The number of hydrogen-bond donors (Lipinski definition) is 1. The Balaban J connectivity index is 1.33. The highest BCUT2D eigenvalue weighted by Gasteiger charge is 2.30. The third kappa shape index (κ3) is 6.00. The van der Waals surface area contributed by atoms with Gasteiger partial charge in [0.1, 0.15) is 5.75 Å². The highest BCUT2D eigenvalue weighted by molar-refractivity contribution is 5.83. The largest absolute Gasteiger partial charge is 0.497 e. The number of carboxylic acids is 1. The van der Waals surface area contributed by atoms with E-state index in [1.54, 1.807) is 7.11 Å². The maximum atomic E-state index is 11.2. The minimum atomic E-state index is -0.660. The van der Waals surface area contributed by atoms with Gasteiger partial charge in [0.25, 0.3) is 0 Å². The lowest BCUT2D eigenvalue weighted by atomic mass is 9.78. The Labute approximate surface area is 192 Å². The van der Waals surface area contributed by atoms with Crippen molar-refractivity contribution in [1.82, 2.24) is 9.88 Å². The second-order valence-corrected chi connectivity index (χ2v) is 9.87. The summed E-state index contributed by atoms with van der Waals surface area (Å²) in [6, 6.07) is 8.21. The molecule has 1 saturated carbocycles. The summed E-state index contributed by atoms with van der Waals surface area (Å²) in [5, 5.41) is 10.4. The van der Waals surface area contributed by atoms with E-state index in [9.17, 15) is 9.90 Å². The molecular weight excluding hydrogens is 400 g/mol. The molecule has 2 heterocycles. The molecule has 1 saturated heterocycles. The Bertz CT molecular complexity index is 896. The number of rotatable bonds is 11. The zero-order valence-electron chi connectivity index (χ0n) is 19.5. The summed E-state index contributed by atoms with van der Waals surface area (Å²) in [4.78, 5) is 18.4. The molecule has 174 valence electrons. The van der Waals surface area contributed by atoms with Crippen LogP contribution in [0.1, 0.15) is 63.4 Å². The second-order valence-electron chi connectivity index (χ2n) is 9.87. The van der Waals surface area contributed by atoms with Crippen molar-refractivity contribution in [2.24, 2.45) is 17.8 Å². The maximum absolute atomic E-state index is 11.2. The zero-order valence-corrected chi connectivity index (χ0v) is 19.5. The summed E-state index contributed by atoms with van der Waals surface area (Å²) in [7, 11) is 1.70. The van der Waals surface area contributed by atoms with Crippen molar-refractivity contribution in [2.45, 2.75) is 64.2 Å². The highest BCUT2D eigenvalue weighted by Crippen LogP contribution is 2.34. The van der Waals surface area contributed by atoms with Gasteiger partial charge < -0.3 is 14.7 Å². The number of pyridine rings is 1. The Morgan fingerprint density at radius 3 is 2.78 bits per heavy atom. The van der Waals surface area contributed by atoms with Crippen LogP contribution >= 0.6 is 0 Å². The van der Waals surface area contributed by atoms with Gasteiger partial charge in [-0.25, -0.2) is 0 Å². The van der Waals surface area contributed by atoms with Crippen LogP contribution in [0.3, 0.4) is 0 Å². The topological polar surface area (TPSA) is 62.7 Å². The van der Waals surface area contributed by atoms with Crippen molar-refractivity contribution < 1.29 is 14.6 Å². The summed E-state index contributed by atoms with van der Waals surface area (Å²) in [5.74, 6) is 2.30.